The molecule has 0 radical (unpaired) electrons. The van der Waals surface area contributed by atoms with Crippen LogP contribution < -0.4 is 10.6 Å². The summed E-state index contributed by atoms with van der Waals surface area (Å²) in [5.74, 6) is -0.723. The number of carbonyl (C=O) groups excluding carboxylic acids is 4. The number of hydrogen-bond acceptors (Lipinski definition) is 5. The van der Waals surface area contributed by atoms with Crippen LogP contribution in [-0.4, -0.2) is 59.9 Å². The molecule has 2 aliphatic carbocycles. The minimum absolute atomic E-state index is 0.123. The molecule has 2 aromatic rings. The first-order chi connectivity index (χ1) is 17.9. The summed E-state index contributed by atoms with van der Waals surface area (Å²) in [7, 11) is 1.53. The third kappa shape index (κ3) is 4.77. The maximum absolute atomic E-state index is 13.6. The van der Waals surface area contributed by atoms with E-state index in [-0.39, 0.29) is 24.5 Å². The highest BCUT2D eigenvalue weighted by Gasteiger charge is 2.58. The number of fused-ring (bicyclic) bond motifs is 2. The number of imide groups is 1. The van der Waals surface area contributed by atoms with Gasteiger partial charge in [0.2, 0.25) is 11.5 Å². The van der Waals surface area contributed by atoms with E-state index in [2.05, 4.69) is 10.6 Å². The summed E-state index contributed by atoms with van der Waals surface area (Å²) in [4.78, 5) is 54.5. The van der Waals surface area contributed by atoms with Crippen molar-refractivity contribution in [3.05, 3.63) is 65.2 Å². The number of ether oxygens (including phenoxy) is 1. The lowest BCUT2D eigenvalue weighted by Crippen LogP contribution is -2.48. The van der Waals surface area contributed by atoms with Crippen molar-refractivity contribution in [3.8, 4) is 0 Å². The standard InChI is InChI=1S/C28H32N4O5/c1-29-26(35)30-21-11-12-23-20(17-21)13-15-28(23)25(34)32(27(36)37-28)18-24(33)31(22-9-5-6-10-22)16-14-19-7-3-2-4-8-19/h2-4,7-8,11-12,17,22H,5-6,9-10,13-16,18H2,1H3,(H2,29,30,35)/t28-/m1/s1. The number of nitrogens with zero attached hydrogens (tertiary/aromatic N) is 2. The average Bonchev–Trinajstić information content (AvgIpc) is 3.61. The number of rotatable bonds is 7. The summed E-state index contributed by atoms with van der Waals surface area (Å²) < 4.78 is 5.71. The highest BCUT2D eigenvalue weighted by molar-refractivity contribution is 6.06. The number of benzene rings is 2. The molecule has 1 saturated carbocycles. The number of carbonyl (C=O) groups is 4. The van der Waals surface area contributed by atoms with Gasteiger partial charge < -0.3 is 20.3 Å². The Morgan fingerprint density at radius 1 is 1.11 bits per heavy atom. The van der Waals surface area contributed by atoms with Crippen LogP contribution in [0.4, 0.5) is 15.3 Å². The Morgan fingerprint density at radius 2 is 1.86 bits per heavy atom. The van der Waals surface area contributed by atoms with E-state index >= 15 is 0 Å². The summed E-state index contributed by atoms with van der Waals surface area (Å²) >= 11 is 0. The first-order valence-electron chi connectivity index (χ1n) is 12.9. The van der Waals surface area contributed by atoms with E-state index < -0.39 is 17.6 Å². The summed E-state index contributed by atoms with van der Waals surface area (Å²) in [6.07, 6.45) is 4.76. The fourth-order valence-electron chi connectivity index (χ4n) is 5.77. The third-order valence-electron chi connectivity index (χ3n) is 7.71. The zero-order chi connectivity index (χ0) is 26.0. The first-order valence-corrected chi connectivity index (χ1v) is 12.9. The van der Waals surface area contributed by atoms with Gasteiger partial charge in [-0.05, 0) is 48.9 Å². The van der Waals surface area contributed by atoms with Gasteiger partial charge in [-0.1, -0.05) is 49.2 Å². The van der Waals surface area contributed by atoms with Crippen molar-refractivity contribution in [2.75, 3.05) is 25.5 Å². The van der Waals surface area contributed by atoms with Crippen molar-refractivity contribution in [2.24, 2.45) is 0 Å². The SMILES string of the molecule is CNC(=O)Nc1ccc2c(c1)CC[C@@]21OC(=O)N(CC(=O)N(CCc2ccccc2)C2CCCC2)C1=O. The zero-order valence-corrected chi connectivity index (χ0v) is 21.0. The van der Waals surface area contributed by atoms with Crippen molar-refractivity contribution in [3.63, 3.8) is 0 Å². The van der Waals surface area contributed by atoms with Crippen LogP contribution in [0, 0.1) is 0 Å². The van der Waals surface area contributed by atoms with Crippen LogP contribution >= 0.6 is 0 Å². The highest BCUT2D eigenvalue weighted by Crippen LogP contribution is 2.46. The van der Waals surface area contributed by atoms with Gasteiger partial charge >= 0.3 is 12.1 Å². The molecule has 1 aliphatic heterocycles. The Bertz CT molecular complexity index is 1210. The number of nitrogens with one attached hydrogen (secondary N) is 2. The van der Waals surface area contributed by atoms with Gasteiger partial charge in [-0.2, -0.15) is 0 Å². The molecule has 1 heterocycles. The van der Waals surface area contributed by atoms with Gasteiger partial charge in [0.25, 0.3) is 5.91 Å². The molecular weight excluding hydrogens is 472 g/mol. The first kappa shape index (κ1) is 24.8. The van der Waals surface area contributed by atoms with E-state index in [1.54, 1.807) is 18.2 Å². The molecule has 3 aliphatic rings. The summed E-state index contributed by atoms with van der Waals surface area (Å²) in [5, 5.41) is 5.21. The van der Waals surface area contributed by atoms with E-state index in [0.717, 1.165) is 41.7 Å². The average molecular weight is 505 g/mol. The number of anilines is 1. The van der Waals surface area contributed by atoms with Crippen LogP contribution in [0.2, 0.25) is 0 Å². The smallest absolute Gasteiger partial charge is 0.418 e. The molecule has 1 saturated heterocycles. The monoisotopic (exact) mass is 504 g/mol. The number of aryl methyl sites for hydroxylation is 1. The second kappa shape index (κ2) is 10.2. The Kier molecular flexibility index (Phi) is 6.86. The maximum atomic E-state index is 13.6. The van der Waals surface area contributed by atoms with Gasteiger partial charge in [-0.3, -0.25) is 9.59 Å². The molecule has 9 nitrogen and oxygen atoms in total. The molecular formula is C28H32N4O5. The predicted molar refractivity (Wildman–Crippen MR) is 137 cm³/mol. The van der Waals surface area contributed by atoms with Crippen LogP contribution in [0.5, 0.6) is 0 Å². The molecule has 2 aromatic carbocycles. The van der Waals surface area contributed by atoms with Gasteiger partial charge in [0, 0.05) is 37.3 Å². The molecule has 0 unspecified atom stereocenters. The van der Waals surface area contributed by atoms with Gasteiger partial charge in [0.15, 0.2) is 0 Å². The fraction of sp³-hybridized carbons (Fsp3) is 0.429. The molecule has 5 amide bonds. The molecule has 194 valence electrons. The molecule has 5 rings (SSSR count). The number of urea groups is 1. The van der Waals surface area contributed by atoms with Gasteiger partial charge in [0.1, 0.15) is 6.54 Å². The second-order valence-corrected chi connectivity index (χ2v) is 9.92. The molecule has 0 bridgehead atoms. The lowest BCUT2D eigenvalue weighted by atomic mass is 9.94. The molecule has 0 aromatic heterocycles. The number of amides is 5. The lowest BCUT2D eigenvalue weighted by molar-refractivity contribution is -0.142. The molecule has 1 atom stereocenters. The van der Waals surface area contributed by atoms with E-state index in [1.807, 2.05) is 35.2 Å². The van der Waals surface area contributed by atoms with E-state index in [0.29, 0.717) is 37.1 Å². The van der Waals surface area contributed by atoms with Gasteiger partial charge in [0.05, 0.1) is 0 Å². The third-order valence-corrected chi connectivity index (χ3v) is 7.71. The largest absolute Gasteiger partial charge is 0.427 e. The van der Waals surface area contributed by atoms with Crippen molar-refractivity contribution in [2.45, 2.75) is 56.6 Å². The van der Waals surface area contributed by atoms with Crippen LogP contribution in [0.1, 0.15) is 48.8 Å². The minimum Gasteiger partial charge on any atom is -0.427 e. The molecule has 37 heavy (non-hydrogen) atoms. The lowest BCUT2D eigenvalue weighted by Gasteiger charge is -2.30. The normalized spacial score (nSPS) is 20.7. The topological polar surface area (TPSA) is 108 Å². The fourth-order valence-corrected chi connectivity index (χ4v) is 5.77. The van der Waals surface area contributed by atoms with Crippen molar-refractivity contribution < 1.29 is 23.9 Å². The summed E-state index contributed by atoms with van der Waals surface area (Å²) in [6.45, 7) is 0.218. The van der Waals surface area contributed by atoms with Crippen LogP contribution in [0.25, 0.3) is 0 Å². The van der Waals surface area contributed by atoms with Crippen LogP contribution in [0.15, 0.2) is 48.5 Å². The van der Waals surface area contributed by atoms with E-state index in [1.165, 1.54) is 7.05 Å². The Morgan fingerprint density at radius 3 is 2.59 bits per heavy atom. The maximum Gasteiger partial charge on any atom is 0.418 e. The highest BCUT2D eigenvalue weighted by atomic mass is 16.6. The Hall–Kier alpha value is -3.88. The summed E-state index contributed by atoms with van der Waals surface area (Å²) in [6, 6.07) is 15.0. The van der Waals surface area contributed by atoms with Crippen LogP contribution in [0.3, 0.4) is 0 Å². The Balaban J connectivity index is 1.31. The molecule has 2 fully saturated rings. The second-order valence-electron chi connectivity index (χ2n) is 9.92. The Labute approximate surface area is 216 Å². The van der Waals surface area contributed by atoms with Gasteiger partial charge in [-0.15, -0.1) is 0 Å². The van der Waals surface area contributed by atoms with Crippen molar-refractivity contribution in [1.29, 1.82) is 0 Å². The minimum atomic E-state index is -1.42. The molecule has 9 heteroatoms. The van der Waals surface area contributed by atoms with Crippen LogP contribution in [-0.2, 0) is 32.8 Å². The zero-order valence-electron chi connectivity index (χ0n) is 21.0. The van der Waals surface area contributed by atoms with Crippen molar-refractivity contribution in [1.82, 2.24) is 15.1 Å². The van der Waals surface area contributed by atoms with E-state index in [4.69, 9.17) is 4.74 Å². The van der Waals surface area contributed by atoms with E-state index in [9.17, 15) is 19.2 Å². The van der Waals surface area contributed by atoms with Crippen molar-refractivity contribution >= 4 is 29.6 Å². The van der Waals surface area contributed by atoms with Gasteiger partial charge in [-0.25, -0.2) is 14.5 Å². The number of hydrogen-bond donors (Lipinski definition) is 2. The molecule has 1 spiro atoms. The summed E-state index contributed by atoms with van der Waals surface area (Å²) in [5.41, 5.74) is 1.76. The quantitative estimate of drug-likeness (QED) is 0.599. The predicted octanol–water partition coefficient (Wildman–Crippen LogP) is 3.57. The molecule has 2 N–H and O–H groups in total.